The van der Waals surface area contributed by atoms with Gasteiger partial charge in [-0.2, -0.15) is 0 Å². The topological polar surface area (TPSA) is 99.3 Å². The largest absolute Gasteiger partial charge is 0.497 e. The Kier molecular flexibility index (Phi) is 4.68. The molecule has 8 nitrogen and oxygen atoms in total. The third kappa shape index (κ3) is 3.02. The molecule has 0 aliphatic heterocycles. The minimum absolute atomic E-state index is 0.146. The number of hydrogen-bond donors (Lipinski definition) is 1. The van der Waals surface area contributed by atoms with Crippen LogP contribution in [0.15, 0.2) is 47.3 Å². The molecular formula is C18H18N4O4. The highest BCUT2D eigenvalue weighted by Crippen LogP contribution is 2.22. The first kappa shape index (κ1) is 17.6. The van der Waals surface area contributed by atoms with Crippen molar-refractivity contribution >= 4 is 16.6 Å². The molecular weight excluding hydrogens is 336 g/mol. The van der Waals surface area contributed by atoms with Gasteiger partial charge in [-0.1, -0.05) is 0 Å². The summed E-state index contributed by atoms with van der Waals surface area (Å²) < 4.78 is 6.62. The molecule has 0 aliphatic carbocycles. The Hall–Kier alpha value is -3.26. The van der Waals surface area contributed by atoms with Crippen LogP contribution in [0.2, 0.25) is 0 Å². The number of non-ortho nitro benzene ring substituents is 1. The molecule has 134 valence electrons. The van der Waals surface area contributed by atoms with E-state index in [0.717, 1.165) is 0 Å². The Morgan fingerprint density at radius 3 is 2.50 bits per heavy atom. The number of nitro groups is 1. The number of aromatic nitrogens is 2. The summed E-state index contributed by atoms with van der Waals surface area (Å²) in [6.45, 7) is 1.89. The van der Waals surface area contributed by atoms with E-state index in [9.17, 15) is 14.9 Å². The Balaban J connectivity index is 2.34. The van der Waals surface area contributed by atoms with E-state index in [-0.39, 0.29) is 22.7 Å². The number of nitrogens with one attached hydrogen (secondary N) is 1. The number of ether oxygens (including phenoxy) is 1. The monoisotopic (exact) mass is 354 g/mol. The third-order valence-corrected chi connectivity index (χ3v) is 4.24. The molecule has 0 radical (unpaired) electrons. The van der Waals surface area contributed by atoms with Crippen LogP contribution in [-0.4, -0.2) is 28.6 Å². The smallest absolute Gasteiger partial charge is 0.270 e. The SMILES string of the molecule is CNC(C)c1nc2ccc([N+](=O)[O-])cc2c(=O)n1-c1ccc(OC)cc1. The minimum Gasteiger partial charge on any atom is -0.497 e. The highest BCUT2D eigenvalue weighted by Gasteiger charge is 2.19. The van der Waals surface area contributed by atoms with Gasteiger partial charge >= 0.3 is 0 Å². The lowest BCUT2D eigenvalue weighted by molar-refractivity contribution is -0.384. The summed E-state index contributed by atoms with van der Waals surface area (Å²) in [4.78, 5) is 28.2. The van der Waals surface area contributed by atoms with Crippen LogP contribution in [0.5, 0.6) is 5.75 Å². The number of hydrogen-bond acceptors (Lipinski definition) is 6. The molecule has 0 amide bonds. The summed E-state index contributed by atoms with van der Waals surface area (Å²) in [5, 5.41) is 14.3. The molecule has 8 heteroatoms. The molecule has 0 bridgehead atoms. The van der Waals surface area contributed by atoms with Gasteiger partial charge in [0.25, 0.3) is 11.2 Å². The second-order valence-corrected chi connectivity index (χ2v) is 5.78. The van der Waals surface area contributed by atoms with Crippen LogP contribution in [0.1, 0.15) is 18.8 Å². The highest BCUT2D eigenvalue weighted by atomic mass is 16.6. The van der Waals surface area contributed by atoms with Gasteiger partial charge in [0, 0.05) is 12.1 Å². The molecule has 3 aromatic rings. The average Bonchev–Trinajstić information content (AvgIpc) is 2.67. The van der Waals surface area contributed by atoms with E-state index in [1.807, 2.05) is 6.92 Å². The fourth-order valence-electron chi connectivity index (χ4n) is 2.70. The van der Waals surface area contributed by atoms with E-state index >= 15 is 0 Å². The molecule has 1 aromatic heterocycles. The van der Waals surface area contributed by atoms with E-state index in [1.165, 1.54) is 22.8 Å². The average molecular weight is 354 g/mol. The van der Waals surface area contributed by atoms with Crippen LogP contribution < -0.4 is 15.6 Å². The van der Waals surface area contributed by atoms with Crippen molar-refractivity contribution in [2.24, 2.45) is 0 Å². The Morgan fingerprint density at radius 1 is 1.23 bits per heavy atom. The second kappa shape index (κ2) is 6.93. The first-order valence-electron chi connectivity index (χ1n) is 7.99. The number of nitrogens with zero attached hydrogens (tertiary/aromatic N) is 3. The lowest BCUT2D eigenvalue weighted by atomic mass is 10.2. The van der Waals surface area contributed by atoms with Crippen molar-refractivity contribution < 1.29 is 9.66 Å². The van der Waals surface area contributed by atoms with Gasteiger partial charge in [-0.05, 0) is 44.3 Å². The molecule has 1 N–H and O–H groups in total. The van der Waals surface area contributed by atoms with Crippen LogP contribution in [0.25, 0.3) is 16.6 Å². The maximum absolute atomic E-state index is 13.1. The van der Waals surface area contributed by atoms with E-state index in [1.54, 1.807) is 38.4 Å². The van der Waals surface area contributed by atoms with Crippen molar-refractivity contribution in [2.45, 2.75) is 13.0 Å². The number of benzene rings is 2. The van der Waals surface area contributed by atoms with Gasteiger partial charge in [-0.25, -0.2) is 4.98 Å². The summed E-state index contributed by atoms with van der Waals surface area (Å²) in [6.07, 6.45) is 0. The number of rotatable bonds is 5. The zero-order valence-corrected chi connectivity index (χ0v) is 14.6. The van der Waals surface area contributed by atoms with Crippen LogP contribution in [0.3, 0.4) is 0 Å². The summed E-state index contributed by atoms with van der Waals surface area (Å²) >= 11 is 0. The number of nitro benzene ring substituents is 1. The Bertz CT molecular complexity index is 1030. The fraction of sp³-hybridized carbons (Fsp3) is 0.222. The molecule has 0 spiro atoms. The lowest BCUT2D eigenvalue weighted by Gasteiger charge is -2.18. The molecule has 2 aromatic carbocycles. The molecule has 0 fully saturated rings. The molecule has 3 rings (SSSR count). The molecule has 1 heterocycles. The predicted molar refractivity (Wildman–Crippen MR) is 98.0 cm³/mol. The second-order valence-electron chi connectivity index (χ2n) is 5.78. The van der Waals surface area contributed by atoms with Gasteiger partial charge in [-0.3, -0.25) is 19.5 Å². The normalized spacial score (nSPS) is 12.1. The number of methoxy groups -OCH3 is 1. The van der Waals surface area contributed by atoms with Crippen molar-refractivity contribution in [1.82, 2.24) is 14.9 Å². The first-order chi connectivity index (χ1) is 12.5. The van der Waals surface area contributed by atoms with Crippen LogP contribution in [0.4, 0.5) is 5.69 Å². The van der Waals surface area contributed by atoms with Gasteiger partial charge in [-0.15, -0.1) is 0 Å². The van der Waals surface area contributed by atoms with Gasteiger partial charge in [0.1, 0.15) is 11.6 Å². The summed E-state index contributed by atoms with van der Waals surface area (Å²) in [5.74, 6) is 1.18. The minimum atomic E-state index is -0.527. The zero-order valence-electron chi connectivity index (χ0n) is 14.6. The van der Waals surface area contributed by atoms with Gasteiger partial charge in [0.2, 0.25) is 0 Å². The highest BCUT2D eigenvalue weighted by molar-refractivity contribution is 5.80. The zero-order chi connectivity index (χ0) is 18.8. The van der Waals surface area contributed by atoms with Crippen molar-refractivity contribution in [2.75, 3.05) is 14.2 Å². The van der Waals surface area contributed by atoms with Gasteiger partial charge in [0.15, 0.2) is 0 Å². The predicted octanol–water partition coefficient (Wildman–Crippen LogP) is 2.58. The van der Waals surface area contributed by atoms with Crippen molar-refractivity contribution in [3.63, 3.8) is 0 Å². The summed E-state index contributed by atoms with van der Waals surface area (Å²) in [7, 11) is 3.33. The van der Waals surface area contributed by atoms with Crippen molar-refractivity contribution in [1.29, 1.82) is 0 Å². The summed E-state index contributed by atoms with van der Waals surface area (Å²) in [5.41, 5.74) is 0.518. The van der Waals surface area contributed by atoms with E-state index < -0.39 is 4.92 Å². The molecule has 0 saturated carbocycles. The van der Waals surface area contributed by atoms with Gasteiger partial charge < -0.3 is 10.1 Å². The molecule has 1 atom stereocenters. The van der Waals surface area contributed by atoms with Crippen LogP contribution in [0, 0.1) is 10.1 Å². The summed E-state index contributed by atoms with van der Waals surface area (Å²) in [6, 6.07) is 10.9. The Labute approximate surface area is 149 Å². The van der Waals surface area contributed by atoms with Crippen molar-refractivity contribution in [3.8, 4) is 11.4 Å². The van der Waals surface area contributed by atoms with Crippen molar-refractivity contribution in [3.05, 3.63) is 68.8 Å². The third-order valence-electron chi connectivity index (χ3n) is 4.24. The quantitative estimate of drug-likeness (QED) is 0.558. The maximum atomic E-state index is 13.1. The van der Waals surface area contributed by atoms with E-state index in [4.69, 9.17) is 4.74 Å². The lowest BCUT2D eigenvalue weighted by Crippen LogP contribution is -2.28. The van der Waals surface area contributed by atoms with Crippen LogP contribution in [-0.2, 0) is 0 Å². The van der Waals surface area contributed by atoms with Gasteiger partial charge in [0.05, 0.1) is 34.7 Å². The standard InChI is InChI=1S/C18H18N4O4/c1-11(19-2)17-20-16-9-6-13(22(24)25)10-15(16)18(23)21(17)12-4-7-14(26-3)8-5-12/h4-11,19H,1-3H3. The first-order valence-corrected chi connectivity index (χ1v) is 7.99. The molecule has 0 aliphatic rings. The maximum Gasteiger partial charge on any atom is 0.270 e. The number of fused-ring (bicyclic) bond motifs is 1. The Morgan fingerprint density at radius 2 is 1.92 bits per heavy atom. The molecule has 0 saturated heterocycles. The van der Waals surface area contributed by atoms with Crippen LogP contribution >= 0.6 is 0 Å². The molecule has 1 unspecified atom stereocenters. The van der Waals surface area contributed by atoms with E-state index in [0.29, 0.717) is 22.8 Å². The van der Waals surface area contributed by atoms with E-state index in [2.05, 4.69) is 10.3 Å². The molecule has 26 heavy (non-hydrogen) atoms. The fourth-order valence-corrected chi connectivity index (χ4v) is 2.70.